The number of halogens is 1. The molecule has 5 heteroatoms. The van der Waals surface area contributed by atoms with Gasteiger partial charge in [-0.2, -0.15) is 5.26 Å². The van der Waals surface area contributed by atoms with Gasteiger partial charge in [-0.05, 0) is 36.8 Å². The Bertz CT molecular complexity index is 858. The van der Waals surface area contributed by atoms with Crippen LogP contribution in [0.15, 0.2) is 36.4 Å². The average molecular weight is 283 g/mol. The summed E-state index contributed by atoms with van der Waals surface area (Å²) in [5, 5.41) is 9.73. The SMILES string of the molecule is Cc1ccc(-n2c(N)nc3c(C#N)cccc32)c(Cl)c1. The second-order valence-electron chi connectivity index (χ2n) is 4.55. The van der Waals surface area contributed by atoms with Crippen molar-refractivity contribution < 1.29 is 0 Å². The quantitative estimate of drug-likeness (QED) is 0.743. The molecule has 3 aromatic rings. The highest BCUT2D eigenvalue weighted by atomic mass is 35.5. The summed E-state index contributed by atoms with van der Waals surface area (Å²) in [7, 11) is 0. The summed E-state index contributed by atoms with van der Waals surface area (Å²) in [5.41, 5.74) is 9.68. The van der Waals surface area contributed by atoms with Crippen LogP contribution < -0.4 is 5.73 Å². The van der Waals surface area contributed by atoms with Gasteiger partial charge >= 0.3 is 0 Å². The molecular formula is C15H11ClN4. The first-order valence-electron chi connectivity index (χ1n) is 6.05. The summed E-state index contributed by atoms with van der Waals surface area (Å²) in [6, 6.07) is 13.2. The Morgan fingerprint density at radius 2 is 2.10 bits per heavy atom. The summed E-state index contributed by atoms with van der Waals surface area (Å²) in [5.74, 6) is 0.313. The highest BCUT2D eigenvalue weighted by Crippen LogP contribution is 2.29. The van der Waals surface area contributed by atoms with Gasteiger partial charge < -0.3 is 5.73 Å². The molecule has 0 spiro atoms. The van der Waals surface area contributed by atoms with Gasteiger partial charge in [-0.25, -0.2) is 4.98 Å². The number of fused-ring (bicyclic) bond motifs is 1. The zero-order valence-corrected chi connectivity index (χ0v) is 11.5. The molecule has 2 aromatic carbocycles. The number of benzene rings is 2. The maximum absolute atomic E-state index is 9.13. The number of rotatable bonds is 1. The fourth-order valence-corrected chi connectivity index (χ4v) is 2.57. The van der Waals surface area contributed by atoms with E-state index in [1.54, 1.807) is 16.7 Å². The maximum atomic E-state index is 9.13. The molecule has 0 aliphatic rings. The summed E-state index contributed by atoms with van der Waals surface area (Å²) < 4.78 is 1.76. The van der Waals surface area contributed by atoms with E-state index < -0.39 is 0 Å². The smallest absolute Gasteiger partial charge is 0.206 e. The van der Waals surface area contributed by atoms with E-state index in [4.69, 9.17) is 22.6 Å². The van der Waals surface area contributed by atoms with Crippen molar-refractivity contribution in [3.05, 3.63) is 52.5 Å². The Hall–Kier alpha value is -2.51. The standard InChI is InChI=1S/C15H11ClN4/c1-9-5-6-12(11(16)7-9)20-13-4-2-3-10(8-17)14(13)19-15(20)18/h2-7H,1H3,(H2,18,19). The van der Waals surface area contributed by atoms with Crippen molar-refractivity contribution in [3.63, 3.8) is 0 Å². The van der Waals surface area contributed by atoms with Gasteiger partial charge in [0.15, 0.2) is 0 Å². The van der Waals surface area contributed by atoms with Crippen LogP contribution in [0.5, 0.6) is 0 Å². The number of nitrogen functional groups attached to an aromatic ring is 1. The second-order valence-corrected chi connectivity index (χ2v) is 4.95. The third-order valence-electron chi connectivity index (χ3n) is 3.18. The lowest BCUT2D eigenvalue weighted by Crippen LogP contribution is -2.01. The van der Waals surface area contributed by atoms with Gasteiger partial charge in [0.25, 0.3) is 0 Å². The molecule has 0 saturated heterocycles. The van der Waals surface area contributed by atoms with Crippen molar-refractivity contribution in [1.29, 1.82) is 5.26 Å². The third-order valence-corrected chi connectivity index (χ3v) is 3.48. The van der Waals surface area contributed by atoms with Gasteiger partial charge in [0, 0.05) is 0 Å². The number of aromatic nitrogens is 2. The van der Waals surface area contributed by atoms with E-state index in [1.165, 1.54) is 0 Å². The van der Waals surface area contributed by atoms with Crippen LogP contribution in [0.25, 0.3) is 16.7 Å². The Morgan fingerprint density at radius 1 is 1.30 bits per heavy atom. The predicted octanol–water partition coefficient (Wildman–Crippen LogP) is 3.44. The average Bonchev–Trinajstić information content (AvgIpc) is 2.75. The van der Waals surface area contributed by atoms with E-state index in [0.717, 1.165) is 16.8 Å². The molecule has 0 fully saturated rings. The summed E-state index contributed by atoms with van der Waals surface area (Å²) in [4.78, 5) is 4.28. The van der Waals surface area contributed by atoms with Crippen LogP contribution in [0.2, 0.25) is 5.02 Å². The molecule has 1 heterocycles. The highest BCUT2D eigenvalue weighted by molar-refractivity contribution is 6.32. The fraction of sp³-hybridized carbons (Fsp3) is 0.0667. The summed E-state index contributed by atoms with van der Waals surface area (Å²) in [6.45, 7) is 1.97. The molecule has 0 unspecified atom stereocenters. The number of hydrogen-bond acceptors (Lipinski definition) is 3. The Kier molecular flexibility index (Phi) is 2.85. The Balaban J connectivity index is 2.37. The molecule has 0 aliphatic heterocycles. The van der Waals surface area contributed by atoms with Gasteiger partial charge in [-0.15, -0.1) is 0 Å². The normalized spacial score (nSPS) is 10.7. The minimum atomic E-state index is 0.313. The molecule has 20 heavy (non-hydrogen) atoms. The lowest BCUT2D eigenvalue weighted by atomic mass is 10.2. The van der Waals surface area contributed by atoms with Crippen LogP contribution in [0.3, 0.4) is 0 Å². The van der Waals surface area contributed by atoms with Crippen LogP contribution >= 0.6 is 11.6 Å². The highest BCUT2D eigenvalue weighted by Gasteiger charge is 2.14. The number of nitriles is 1. The number of anilines is 1. The van der Waals surface area contributed by atoms with Gasteiger partial charge in [-0.1, -0.05) is 23.7 Å². The third kappa shape index (κ3) is 1.80. The molecule has 0 radical (unpaired) electrons. The summed E-state index contributed by atoms with van der Waals surface area (Å²) >= 11 is 6.30. The van der Waals surface area contributed by atoms with Crippen molar-refractivity contribution in [2.24, 2.45) is 0 Å². The van der Waals surface area contributed by atoms with E-state index in [2.05, 4.69) is 11.1 Å². The van der Waals surface area contributed by atoms with Gasteiger partial charge in [0.1, 0.15) is 11.6 Å². The number of aryl methyl sites for hydroxylation is 1. The first-order valence-corrected chi connectivity index (χ1v) is 6.43. The van der Waals surface area contributed by atoms with Crippen molar-refractivity contribution >= 4 is 28.6 Å². The van der Waals surface area contributed by atoms with E-state index >= 15 is 0 Å². The van der Waals surface area contributed by atoms with Crippen LogP contribution in [0, 0.1) is 18.3 Å². The first-order chi connectivity index (χ1) is 9.61. The molecule has 3 rings (SSSR count). The molecule has 0 aliphatic carbocycles. The fourth-order valence-electron chi connectivity index (χ4n) is 2.25. The molecule has 0 bridgehead atoms. The van der Waals surface area contributed by atoms with Gasteiger partial charge in [-0.3, -0.25) is 4.57 Å². The zero-order chi connectivity index (χ0) is 14.3. The zero-order valence-electron chi connectivity index (χ0n) is 10.8. The van der Waals surface area contributed by atoms with Crippen LogP contribution in [0.4, 0.5) is 5.95 Å². The number of imidazole rings is 1. The van der Waals surface area contributed by atoms with Crippen molar-refractivity contribution in [1.82, 2.24) is 9.55 Å². The Morgan fingerprint density at radius 3 is 2.80 bits per heavy atom. The van der Waals surface area contributed by atoms with E-state index in [1.807, 2.05) is 31.2 Å². The molecular weight excluding hydrogens is 272 g/mol. The predicted molar refractivity (Wildman–Crippen MR) is 79.9 cm³/mol. The lowest BCUT2D eigenvalue weighted by Gasteiger charge is -2.09. The minimum Gasteiger partial charge on any atom is -0.369 e. The summed E-state index contributed by atoms with van der Waals surface area (Å²) in [6.07, 6.45) is 0. The maximum Gasteiger partial charge on any atom is 0.206 e. The largest absolute Gasteiger partial charge is 0.369 e. The van der Waals surface area contributed by atoms with Crippen molar-refractivity contribution in [3.8, 4) is 11.8 Å². The molecule has 1 aromatic heterocycles. The Labute approximate surface area is 121 Å². The molecule has 0 atom stereocenters. The lowest BCUT2D eigenvalue weighted by molar-refractivity contribution is 1.11. The van der Waals surface area contributed by atoms with Crippen LogP contribution in [-0.4, -0.2) is 9.55 Å². The van der Waals surface area contributed by atoms with E-state index in [0.29, 0.717) is 22.1 Å². The van der Waals surface area contributed by atoms with Crippen molar-refractivity contribution in [2.75, 3.05) is 5.73 Å². The van der Waals surface area contributed by atoms with Crippen molar-refractivity contribution in [2.45, 2.75) is 6.92 Å². The molecule has 98 valence electrons. The minimum absolute atomic E-state index is 0.313. The molecule has 0 amide bonds. The van der Waals surface area contributed by atoms with Crippen LogP contribution in [0.1, 0.15) is 11.1 Å². The first kappa shape index (κ1) is 12.5. The topological polar surface area (TPSA) is 67.6 Å². The number of hydrogen-bond donors (Lipinski definition) is 1. The van der Waals surface area contributed by atoms with Gasteiger partial charge in [0.05, 0.1) is 21.8 Å². The molecule has 0 saturated carbocycles. The molecule has 4 nitrogen and oxygen atoms in total. The van der Waals surface area contributed by atoms with Crippen LogP contribution in [-0.2, 0) is 0 Å². The second kappa shape index (κ2) is 4.55. The molecule has 2 N–H and O–H groups in total. The number of para-hydroxylation sites is 1. The number of nitrogens with zero attached hydrogens (tertiary/aromatic N) is 3. The van der Waals surface area contributed by atoms with E-state index in [-0.39, 0.29) is 0 Å². The number of nitrogens with two attached hydrogens (primary N) is 1. The van der Waals surface area contributed by atoms with E-state index in [9.17, 15) is 0 Å². The van der Waals surface area contributed by atoms with Gasteiger partial charge in [0.2, 0.25) is 5.95 Å². The monoisotopic (exact) mass is 282 g/mol.